The van der Waals surface area contributed by atoms with E-state index in [0.717, 1.165) is 30.5 Å². The Morgan fingerprint density at radius 3 is 2.44 bits per heavy atom. The van der Waals surface area contributed by atoms with E-state index in [1.807, 2.05) is 63.5 Å². The van der Waals surface area contributed by atoms with E-state index < -0.39 is 0 Å². The Balaban J connectivity index is 1.68. The van der Waals surface area contributed by atoms with Crippen LogP contribution in [0.3, 0.4) is 0 Å². The van der Waals surface area contributed by atoms with E-state index in [0.29, 0.717) is 12.5 Å². The fraction of sp³-hybridized carbons (Fsp3) is 0.450. The van der Waals surface area contributed by atoms with Crippen molar-refractivity contribution in [2.24, 2.45) is 5.92 Å². The number of carbonyl (C=O) groups excluding carboxylic acids is 1. The van der Waals surface area contributed by atoms with E-state index in [2.05, 4.69) is 20.2 Å². The van der Waals surface area contributed by atoms with Crippen LogP contribution in [0.5, 0.6) is 0 Å². The summed E-state index contributed by atoms with van der Waals surface area (Å²) in [6, 6.07) is 10.1. The third-order valence-corrected chi connectivity index (χ3v) is 4.32. The summed E-state index contributed by atoms with van der Waals surface area (Å²) in [6.45, 7) is 7.60. The van der Waals surface area contributed by atoms with Crippen molar-refractivity contribution in [2.45, 2.75) is 39.2 Å². The zero-order valence-electron chi connectivity index (χ0n) is 15.2. The molecular weight excluding hydrogens is 312 g/mol. The molecular formula is C20H26N4O. The molecule has 132 valence electrons. The Hall–Kier alpha value is -2.43. The van der Waals surface area contributed by atoms with Crippen molar-refractivity contribution >= 4 is 11.9 Å². The number of aromatic nitrogens is 2. The summed E-state index contributed by atoms with van der Waals surface area (Å²) in [5, 5.41) is 3.09. The van der Waals surface area contributed by atoms with Gasteiger partial charge in [0, 0.05) is 36.6 Å². The first-order valence-electron chi connectivity index (χ1n) is 8.87. The number of piperidine rings is 1. The Morgan fingerprint density at radius 1 is 1.12 bits per heavy atom. The van der Waals surface area contributed by atoms with Crippen molar-refractivity contribution in [1.29, 1.82) is 0 Å². The van der Waals surface area contributed by atoms with Gasteiger partial charge in [-0.1, -0.05) is 30.3 Å². The van der Waals surface area contributed by atoms with E-state index in [9.17, 15) is 4.79 Å². The molecule has 1 saturated heterocycles. The number of rotatable bonds is 3. The van der Waals surface area contributed by atoms with Gasteiger partial charge in [0.15, 0.2) is 0 Å². The highest BCUT2D eigenvalue weighted by Gasteiger charge is 2.29. The quantitative estimate of drug-likeness (QED) is 0.933. The molecule has 2 aromatic rings. The summed E-state index contributed by atoms with van der Waals surface area (Å²) in [5.74, 6) is 0.816. The lowest BCUT2D eigenvalue weighted by molar-refractivity contribution is -0.126. The van der Waals surface area contributed by atoms with Crippen molar-refractivity contribution < 1.29 is 4.79 Å². The molecule has 2 heterocycles. The molecule has 5 nitrogen and oxygen atoms in total. The first-order chi connectivity index (χ1) is 11.9. The summed E-state index contributed by atoms with van der Waals surface area (Å²) < 4.78 is 0. The summed E-state index contributed by atoms with van der Waals surface area (Å²) in [4.78, 5) is 23.6. The lowest BCUT2D eigenvalue weighted by Crippen LogP contribution is -2.49. The molecule has 0 aliphatic carbocycles. The van der Waals surface area contributed by atoms with Gasteiger partial charge in [-0.05, 0) is 39.2 Å². The van der Waals surface area contributed by atoms with Gasteiger partial charge in [-0.3, -0.25) is 4.79 Å². The predicted octanol–water partition coefficient (Wildman–Crippen LogP) is 3.27. The van der Waals surface area contributed by atoms with Crippen LogP contribution in [0.25, 0.3) is 11.1 Å². The van der Waals surface area contributed by atoms with Crippen molar-refractivity contribution in [2.75, 3.05) is 18.0 Å². The molecule has 0 spiro atoms. The van der Waals surface area contributed by atoms with Crippen molar-refractivity contribution in [3.05, 3.63) is 42.7 Å². The molecule has 1 N–H and O–H groups in total. The first kappa shape index (κ1) is 17.4. The maximum Gasteiger partial charge on any atom is 0.225 e. The Morgan fingerprint density at radius 2 is 1.80 bits per heavy atom. The third kappa shape index (κ3) is 4.56. The van der Waals surface area contributed by atoms with Gasteiger partial charge < -0.3 is 10.2 Å². The molecule has 1 aliphatic heterocycles. The molecule has 1 unspecified atom stereocenters. The van der Waals surface area contributed by atoms with Crippen LogP contribution >= 0.6 is 0 Å². The first-order valence-corrected chi connectivity index (χ1v) is 8.87. The van der Waals surface area contributed by atoms with E-state index >= 15 is 0 Å². The SMILES string of the molecule is CC(C)(C)NC(=O)C1CCCN(c2ncc(-c3ccccc3)cn2)C1. The maximum atomic E-state index is 12.5. The van der Waals surface area contributed by atoms with Crippen LogP contribution < -0.4 is 10.2 Å². The average Bonchev–Trinajstić information content (AvgIpc) is 2.61. The predicted molar refractivity (Wildman–Crippen MR) is 100 cm³/mol. The second kappa shape index (κ2) is 7.21. The number of nitrogens with one attached hydrogen (secondary N) is 1. The number of nitrogens with zero attached hydrogens (tertiary/aromatic N) is 3. The lowest BCUT2D eigenvalue weighted by Gasteiger charge is -2.33. The lowest BCUT2D eigenvalue weighted by atomic mass is 9.96. The molecule has 1 amide bonds. The van der Waals surface area contributed by atoms with Gasteiger partial charge in [0.25, 0.3) is 0 Å². The summed E-state index contributed by atoms with van der Waals surface area (Å²) in [5.41, 5.74) is 1.91. The van der Waals surface area contributed by atoms with E-state index in [4.69, 9.17) is 0 Å². The molecule has 1 aromatic heterocycles. The number of hydrogen-bond acceptors (Lipinski definition) is 4. The van der Waals surface area contributed by atoms with Crippen LogP contribution in [0.4, 0.5) is 5.95 Å². The summed E-state index contributed by atoms with van der Waals surface area (Å²) in [7, 11) is 0. The number of hydrogen-bond donors (Lipinski definition) is 1. The van der Waals surface area contributed by atoms with Gasteiger partial charge in [-0.15, -0.1) is 0 Å². The Kier molecular flexibility index (Phi) is 5.02. The van der Waals surface area contributed by atoms with Gasteiger partial charge in [0.2, 0.25) is 11.9 Å². The van der Waals surface area contributed by atoms with Crippen LogP contribution in [-0.4, -0.2) is 34.5 Å². The topological polar surface area (TPSA) is 58.1 Å². The van der Waals surface area contributed by atoms with Crippen molar-refractivity contribution in [1.82, 2.24) is 15.3 Å². The molecule has 0 saturated carbocycles. The highest BCUT2D eigenvalue weighted by molar-refractivity contribution is 5.80. The molecule has 1 atom stereocenters. The minimum Gasteiger partial charge on any atom is -0.351 e. The minimum absolute atomic E-state index is 0.00891. The molecule has 1 aliphatic rings. The van der Waals surface area contributed by atoms with Crippen LogP contribution in [0.1, 0.15) is 33.6 Å². The number of anilines is 1. The van der Waals surface area contributed by atoms with Gasteiger partial charge in [0.1, 0.15) is 0 Å². The molecule has 25 heavy (non-hydrogen) atoms. The Bertz CT molecular complexity index is 707. The fourth-order valence-corrected chi connectivity index (χ4v) is 3.11. The number of carbonyl (C=O) groups is 1. The van der Waals surface area contributed by atoms with Crippen LogP contribution in [0.2, 0.25) is 0 Å². The molecule has 1 fully saturated rings. The number of amides is 1. The molecule has 0 bridgehead atoms. The normalized spacial score (nSPS) is 18.0. The van der Waals surface area contributed by atoms with Crippen molar-refractivity contribution in [3.63, 3.8) is 0 Å². The van der Waals surface area contributed by atoms with Gasteiger partial charge in [-0.25, -0.2) is 9.97 Å². The molecule has 5 heteroatoms. The van der Waals surface area contributed by atoms with Gasteiger partial charge >= 0.3 is 0 Å². The standard InChI is InChI=1S/C20H26N4O/c1-20(2,3)23-18(25)16-10-7-11-24(14-16)19-21-12-17(13-22-19)15-8-5-4-6-9-15/h4-6,8-9,12-13,16H,7,10-11,14H2,1-3H3,(H,23,25). The monoisotopic (exact) mass is 338 g/mol. The second-order valence-electron chi connectivity index (χ2n) is 7.66. The fourth-order valence-electron chi connectivity index (χ4n) is 3.11. The van der Waals surface area contributed by atoms with E-state index in [1.165, 1.54) is 0 Å². The smallest absolute Gasteiger partial charge is 0.225 e. The maximum absolute atomic E-state index is 12.5. The van der Waals surface area contributed by atoms with Gasteiger partial charge in [-0.2, -0.15) is 0 Å². The highest BCUT2D eigenvalue weighted by atomic mass is 16.2. The minimum atomic E-state index is -0.201. The van der Waals surface area contributed by atoms with E-state index in [-0.39, 0.29) is 17.4 Å². The molecule has 3 rings (SSSR count). The van der Waals surface area contributed by atoms with Gasteiger partial charge in [0.05, 0.1) is 5.92 Å². The zero-order valence-corrected chi connectivity index (χ0v) is 15.2. The van der Waals surface area contributed by atoms with Crippen molar-refractivity contribution in [3.8, 4) is 11.1 Å². The molecule has 1 aromatic carbocycles. The largest absolute Gasteiger partial charge is 0.351 e. The van der Waals surface area contributed by atoms with Crippen LogP contribution in [-0.2, 0) is 4.79 Å². The summed E-state index contributed by atoms with van der Waals surface area (Å²) in [6.07, 6.45) is 5.61. The Labute approximate surface area is 149 Å². The second-order valence-corrected chi connectivity index (χ2v) is 7.66. The number of benzene rings is 1. The zero-order chi connectivity index (χ0) is 17.9. The summed E-state index contributed by atoms with van der Waals surface area (Å²) >= 11 is 0. The van der Waals surface area contributed by atoms with E-state index in [1.54, 1.807) is 0 Å². The van der Waals surface area contributed by atoms with Crippen LogP contribution in [0, 0.1) is 5.92 Å². The van der Waals surface area contributed by atoms with Crippen LogP contribution in [0.15, 0.2) is 42.7 Å². The average molecular weight is 338 g/mol. The molecule has 0 radical (unpaired) electrons. The third-order valence-electron chi connectivity index (χ3n) is 4.32. The highest BCUT2D eigenvalue weighted by Crippen LogP contribution is 2.23.